The molecular formula is C10H7IN2O. The monoisotopic (exact) mass is 298 g/mol. The lowest BCUT2D eigenvalue weighted by Gasteiger charge is -2.04. The summed E-state index contributed by atoms with van der Waals surface area (Å²) in [5.41, 5.74) is 0. The molecule has 3 nitrogen and oxygen atoms in total. The first-order valence-electron chi connectivity index (χ1n) is 4.04. The molecule has 70 valence electrons. The molecule has 4 heteroatoms. The second-order valence-corrected chi connectivity index (χ2v) is 3.74. The molecule has 0 aliphatic rings. The summed E-state index contributed by atoms with van der Waals surface area (Å²) >= 11 is 2.21. The Morgan fingerprint density at radius 1 is 1.14 bits per heavy atom. The van der Waals surface area contributed by atoms with E-state index in [2.05, 4.69) is 32.6 Å². The molecule has 0 N–H and O–H groups in total. The third-order valence-corrected chi connectivity index (χ3v) is 2.48. The highest BCUT2D eigenvalue weighted by atomic mass is 127. The second-order valence-electron chi connectivity index (χ2n) is 2.58. The van der Waals surface area contributed by atoms with E-state index < -0.39 is 0 Å². The van der Waals surface area contributed by atoms with Gasteiger partial charge in [0.1, 0.15) is 5.75 Å². The van der Waals surface area contributed by atoms with Crippen molar-refractivity contribution in [2.75, 3.05) is 0 Å². The molecule has 1 heterocycles. The van der Waals surface area contributed by atoms with Crippen molar-refractivity contribution in [2.45, 2.75) is 0 Å². The molecule has 0 unspecified atom stereocenters. The Hall–Kier alpha value is -1.17. The largest absolute Gasteiger partial charge is 0.436 e. The minimum absolute atomic E-state index is 0.511. The Balaban J connectivity index is 2.24. The number of hydrogen-bond acceptors (Lipinski definition) is 3. The Morgan fingerprint density at radius 3 is 2.71 bits per heavy atom. The Labute approximate surface area is 95.3 Å². The second kappa shape index (κ2) is 4.36. The van der Waals surface area contributed by atoms with Crippen LogP contribution in [0.5, 0.6) is 11.6 Å². The number of aromatic nitrogens is 2. The molecule has 0 spiro atoms. The van der Waals surface area contributed by atoms with Crippen LogP contribution < -0.4 is 4.74 Å². The smallest absolute Gasteiger partial charge is 0.237 e. The van der Waals surface area contributed by atoms with Crippen LogP contribution in [-0.2, 0) is 0 Å². The zero-order valence-electron chi connectivity index (χ0n) is 7.22. The van der Waals surface area contributed by atoms with Crippen molar-refractivity contribution >= 4 is 22.6 Å². The number of nitrogens with zero attached hydrogens (tertiary/aromatic N) is 2. The van der Waals surface area contributed by atoms with Gasteiger partial charge in [-0.15, -0.1) is 0 Å². The van der Waals surface area contributed by atoms with Crippen molar-refractivity contribution in [1.82, 2.24) is 9.97 Å². The molecule has 0 bridgehead atoms. The number of hydrogen-bond donors (Lipinski definition) is 0. The molecule has 0 aliphatic heterocycles. The van der Waals surface area contributed by atoms with Crippen LogP contribution in [0, 0.1) is 3.57 Å². The highest BCUT2D eigenvalue weighted by molar-refractivity contribution is 14.1. The highest BCUT2D eigenvalue weighted by Gasteiger charge is 2.01. The molecule has 0 saturated carbocycles. The van der Waals surface area contributed by atoms with E-state index in [9.17, 15) is 0 Å². The van der Waals surface area contributed by atoms with Crippen LogP contribution in [0.15, 0.2) is 42.9 Å². The third kappa shape index (κ3) is 2.20. The standard InChI is InChI=1S/C10H7IN2O/c11-8-3-1-2-4-9(8)14-10-7-12-5-6-13-10/h1-7H. The fourth-order valence-electron chi connectivity index (χ4n) is 0.978. The molecule has 2 aromatic rings. The summed E-state index contributed by atoms with van der Waals surface area (Å²) in [7, 11) is 0. The maximum Gasteiger partial charge on any atom is 0.237 e. The zero-order chi connectivity index (χ0) is 9.80. The van der Waals surface area contributed by atoms with Crippen LogP contribution in [0.1, 0.15) is 0 Å². The van der Waals surface area contributed by atoms with Gasteiger partial charge in [0.15, 0.2) is 0 Å². The summed E-state index contributed by atoms with van der Waals surface area (Å²) in [6, 6.07) is 7.77. The van der Waals surface area contributed by atoms with Gasteiger partial charge in [0.05, 0.1) is 9.77 Å². The van der Waals surface area contributed by atoms with E-state index in [-0.39, 0.29) is 0 Å². The quantitative estimate of drug-likeness (QED) is 0.800. The average molecular weight is 298 g/mol. The normalized spacial score (nSPS) is 9.79. The van der Waals surface area contributed by atoms with Crippen molar-refractivity contribution < 1.29 is 4.74 Å². The van der Waals surface area contributed by atoms with Crippen molar-refractivity contribution in [3.05, 3.63) is 46.4 Å². The molecular weight excluding hydrogens is 291 g/mol. The molecule has 0 amide bonds. The predicted molar refractivity (Wildman–Crippen MR) is 61.3 cm³/mol. The highest BCUT2D eigenvalue weighted by Crippen LogP contribution is 2.23. The number of rotatable bonds is 2. The fourth-order valence-corrected chi connectivity index (χ4v) is 1.48. The minimum atomic E-state index is 0.511. The molecule has 0 atom stereocenters. The Bertz CT molecular complexity index is 419. The molecule has 0 aliphatic carbocycles. The van der Waals surface area contributed by atoms with E-state index in [0.717, 1.165) is 9.32 Å². The first-order chi connectivity index (χ1) is 6.86. The van der Waals surface area contributed by atoms with E-state index in [1.807, 2.05) is 24.3 Å². The van der Waals surface area contributed by atoms with Crippen LogP contribution in [-0.4, -0.2) is 9.97 Å². The van der Waals surface area contributed by atoms with Crippen LogP contribution in [0.2, 0.25) is 0 Å². The lowest BCUT2D eigenvalue weighted by Crippen LogP contribution is -1.89. The molecule has 1 aromatic carbocycles. The summed E-state index contributed by atoms with van der Waals surface area (Å²) in [5, 5.41) is 0. The van der Waals surface area contributed by atoms with Crippen molar-refractivity contribution in [2.24, 2.45) is 0 Å². The van der Waals surface area contributed by atoms with Gasteiger partial charge in [-0.05, 0) is 34.7 Å². The minimum Gasteiger partial charge on any atom is -0.436 e. The van der Waals surface area contributed by atoms with Gasteiger partial charge >= 0.3 is 0 Å². The number of para-hydroxylation sites is 1. The van der Waals surface area contributed by atoms with E-state index >= 15 is 0 Å². The molecule has 1 aromatic heterocycles. The number of benzene rings is 1. The topological polar surface area (TPSA) is 35.0 Å². The van der Waals surface area contributed by atoms with Gasteiger partial charge in [-0.1, -0.05) is 12.1 Å². The molecule has 0 fully saturated rings. The van der Waals surface area contributed by atoms with Crippen LogP contribution in [0.25, 0.3) is 0 Å². The average Bonchev–Trinajstić information content (AvgIpc) is 2.23. The van der Waals surface area contributed by atoms with Crippen molar-refractivity contribution in [3.63, 3.8) is 0 Å². The summed E-state index contributed by atoms with van der Waals surface area (Å²) in [6.07, 6.45) is 4.80. The number of ether oxygens (including phenoxy) is 1. The first-order valence-corrected chi connectivity index (χ1v) is 5.12. The maximum atomic E-state index is 5.53. The molecule has 14 heavy (non-hydrogen) atoms. The van der Waals surface area contributed by atoms with Crippen LogP contribution in [0.4, 0.5) is 0 Å². The Morgan fingerprint density at radius 2 is 2.00 bits per heavy atom. The van der Waals surface area contributed by atoms with Gasteiger partial charge in [-0.3, -0.25) is 4.98 Å². The van der Waals surface area contributed by atoms with Gasteiger partial charge in [0.25, 0.3) is 0 Å². The van der Waals surface area contributed by atoms with Gasteiger partial charge < -0.3 is 4.74 Å². The maximum absolute atomic E-state index is 5.53. The predicted octanol–water partition coefficient (Wildman–Crippen LogP) is 2.87. The lowest BCUT2D eigenvalue weighted by atomic mass is 10.3. The molecule has 2 rings (SSSR count). The van der Waals surface area contributed by atoms with Crippen LogP contribution in [0.3, 0.4) is 0 Å². The Kier molecular flexibility index (Phi) is 2.93. The van der Waals surface area contributed by atoms with Gasteiger partial charge in [-0.2, -0.15) is 0 Å². The zero-order valence-corrected chi connectivity index (χ0v) is 9.38. The van der Waals surface area contributed by atoms with Crippen molar-refractivity contribution in [1.29, 1.82) is 0 Å². The van der Waals surface area contributed by atoms with Gasteiger partial charge in [0, 0.05) is 12.4 Å². The van der Waals surface area contributed by atoms with E-state index in [0.29, 0.717) is 5.88 Å². The van der Waals surface area contributed by atoms with Gasteiger partial charge in [-0.25, -0.2) is 4.98 Å². The van der Waals surface area contributed by atoms with E-state index in [4.69, 9.17) is 4.74 Å². The van der Waals surface area contributed by atoms with Crippen LogP contribution >= 0.6 is 22.6 Å². The third-order valence-electron chi connectivity index (χ3n) is 1.59. The summed E-state index contributed by atoms with van der Waals surface area (Å²) in [6.45, 7) is 0. The van der Waals surface area contributed by atoms with Crippen molar-refractivity contribution in [3.8, 4) is 11.6 Å². The molecule has 0 radical (unpaired) electrons. The lowest BCUT2D eigenvalue weighted by molar-refractivity contribution is 0.457. The molecule has 0 saturated heterocycles. The SMILES string of the molecule is Ic1ccccc1Oc1cnccn1. The number of halogens is 1. The fraction of sp³-hybridized carbons (Fsp3) is 0. The van der Waals surface area contributed by atoms with Gasteiger partial charge in [0.2, 0.25) is 5.88 Å². The van der Waals surface area contributed by atoms with E-state index in [1.54, 1.807) is 18.6 Å². The summed E-state index contributed by atoms with van der Waals surface area (Å²) in [5.74, 6) is 1.31. The first kappa shape index (κ1) is 9.39. The van der Waals surface area contributed by atoms with E-state index in [1.165, 1.54) is 0 Å². The summed E-state index contributed by atoms with van der Waals surface area (Å²) in [4.78, 5) is 7.95. The summed E-state index contributed by atoms with van der Waals surface area (Å²) < 4.78 is 6.58.